The molecule has 0 nitrogen and oxygen atoms in total. The van der Waals surface area contributed by atoms with E-state index in [0.29, 0.717) is 0 Å². The van der Waals surface area contributed by atoms with Crippen molar-refractivity contribution in [3.63, 3.8) is 0 Å². The van der Waals surface area contributed by atoms with Gasteiger partial charge in [0.05, 0.1) is 0 Å². The monoisotopic (exact) mass is 788 g/mol. The van der Waals surface area contributed by atoms with Gasteiger partial charge in [0, 0.05) is 10.8 Å². The van der Waals surface area contributed by atoms with Gasteiger partial charge in [-0.1, -0.05) is 167 Å². The van der Waals surface area contributed by atoms with Crippen LogP contribution >= 0.6 is 0 Å². The van der Waals surface area contributed by atoms with E-state index in [1.807, 2.05) is 0 Å². The standard InChI is InChI=1S/C62H44/c1-61(2)53-31-42(41-12-7-13-43(30-41)45-24-18-39-16-14-35-8-5-10-37-20-28-49(45)59(39)57(35)37)22-26-47(53)51-33-56-52(34-55(51)61)48-27-23-44(32-54(48)62(56,3)4)46-25-19-40-17-15-36-9-6-11-38-21-29-50(46)60(40)58(36)38/h5-8,10-16,18-34H,9,17H2,1-4H3. The minimum absolute atomic E-state index is 0.130. The highest BCUT2D eigenvalue weighted by molar-refractivity contribution is 6.25. The molecule has 10 aromatic rings. The second-order valence-electron chi connectivity index (χ2n) is 19.5. The first-order valence-electron chi connectivity index (χ1n) is 22.4. The van der Waals surface area contributed by atoms with Gasteiger partial charge < -0.3 is 0 Å². The molecule has 4 aliphatic rings. The molecule has 0 radical (unpaired) electrons. The minimum Gasteiger partial charge on any atom is -0.0795 e. The van der Waals surface area contributed by atoms with Gasteiger partial charge in [-0.25, -0.2) is 0 Å². The molecule has 0 aliphatic heterocycles. The second kappa shape index (κ2) is 11.9. The summed E-state index contributed by atoms with van der Waals surface area (Å²) in [5.74, 6) is 0. The van der Waals surface area contributed by atoms with Gasteiger partial charge in [0.1, 0.15) is 0 Å². The smallest absolute Gasteiger partial charge is 0.0159 e. The Labute approximate surface area is 362 Å². The van der Waals surface area contributed by atoms with Crippen molar-refractivity contribution < 1.29 is 0 Å². The first kappa shape index (κ1) is 34.7. The Morgan fingerprint density at radius 2 is 0.919 bits per heavy atom. The predicted octanol–water partition coefficient (Wildman–Crippen LogP) is 16.7. The Bertz CT molecular complexity index is 3710. The number of rotatable bonds is 3. The Morgan fingerprint density at radius 1 is 0.387 bits per heavy atom. The van der Waals surface area contributed by atoms with Gasteiger partial charge in [-0.05, 0) is 186 Å². The van der Waals surface area contributed by atoms with Gasteiger partial charge in [0.15, 0.2) is 0 Å². The summed E-state index contributed by atoms with van der Waals surface area (Å²) < 4.78 is 0. The number of hydrogen-bond acceptors (Lipinski definition) is 0. The lowest BCUT2D eigenvalue weighted by molar-refractivity contribution is 0.652. The first-order valence-corrected chi connectivity index (χ1v) is 22.4. The highest BCUT2D eigenvalue weighted by Crippen LogP contribution is 2.57. The molecule has 0 unspecified atom stereocenters. The molecular weight excluding hydrogens is 745 g/mol. The van der Waals surface area contributed by atoms with Gasteiger partial charge in [-0.3, -0.25) is 0 Å². The average molecular weight is 789 g/mol. The van der Waals surface area contributed by atoms with Crippen LogP contribution in [0.2, 0.25) is 0 Å². The molecule has 0 saturated carbocycles. The number of benzene rings is 10. The summed E-state index contributed by atoms with van der Waals surface area (Å²) in [4.78, 5) is 0. The van der Waals surface area contributed by atoms with Crippen molar-refractivity contribution in [1.82, 2.24) is 0 Å². The normalized spacial score (nSPS) is 15.9. The van der Waals surface area contributed by atoms with E-state index in [-0.39, 0.29) is 10.8 Å². The van der Waals surface area contributed by atoms with Gasteiger partial charge in [0.25, 0.3) is 0 Å². The van der Waals surface area contributed by atoms with Gasteiger partial charge >= 0.3 is 0 Å². The van der Waals surface area contributed by atoms with Crippen LogP contribution in [0, 0.1) is 0 Å². The van der Waals surface area contributed by atoms with Crippen LogP contribution in [0.5, 0.6) is 0 Å². The topological polar surface area (TPSA) is 0 Å². The van der Waals surface area contributed by atoms with Crippen molar-refractivity contribution in [2.45, 2.75) is 51.4 Å². The quantitative estimate of drug-likeness (QED) is 0.156. The van der Waals surface area contributed by atoms with Gasteiger partial charge in [-0.2, -0.15) is 0 Å². The van der Waals surface area contributed by atoms with Crippen LogP contribution in [0.1, 0.15) is 73.1 Å². The maximum Gasteiger partial charge on any atom is 0.0159 e. The van der Waals surface area contributed by atoms with E-state index in [2.05, 4.69) is 198 Å². The van der Waals surface area contributed by atoms with E-state index >= 15 is 0 Å². The summed E-state index contributed by atoms with van der Waals surface area (Å²) >= 11 is 0. The molecule has 0 heteroatoms. The number of fused-ring (bicyclic) bond motifs is 6. The van der Waals surface area contributed by atoms with Crippen LogP contribution in [-0.2, 0) is 17.3 Å². The Balaban J connectivity index is 0.842. The third kappa shape index (κ3) is 4.47. The highest BCUT2D eigenvalue weighted by Gasteiger charge is 2.42. The van der Waals surface area contributed by atoms with Crippen molar-refractivity contribution in [3.8, 4) is 55.6 Å². The molecule has 10 aromatic carbocycles. The van der Waals surface area contributed by atoms with Crippen LogP contribution in [0.25, 0.3) is 110 Å². The summed E-state index contributed by atoms with van der Waals surface area (Å²) in [5.41, 5.74) is 24.4. The van der Waals surface area contributed by atoms with E-state index in [0.717, 1.165) is 12.8 Å². The van der Waals surface area contributed by atoms with Crippen molar-refractivity contribution in [1.29, 1.82) is 0 Å². The van der Waals surface area contributed by atoms with Gasteiger partial charge in [-0.15, -0.1) is 0 Å². The van der Waals surface area contributed by atoms with E-state index in [4.69, 9.17) is 0 Å². The largest absolute Gasteiger partial charge is 0.0795 e. The zero-order valence-electron chi connectivity index (χ0n) is 35.6. The summed E-state index contributed by atoms with van der Waals surface area (Å²) in [6, 6.07) is 58.8. The Kier molecular flexibility index (Phi) is 6.64. The number of allylic oxidation sites excluding steroid dienone is 3. The molecule has 292 valence electrons. The fourth-order valence-corrected chi connectivity index (χ4v) is 12.4. The first-order chi connectivity index (χ1) is 30.2. The zero-order chi connectivity index (χ0) is 41.2. The molecule has 0 spiro atoms. The minimum atomic E-state index is -0.139. The lowest BCUT2D eigenvalue weighted by atomic mass is 9.78. The van der Waals surface area contributed by atoms with Crippen LogP contribution in [0.4, 0.5) is 0 Å². The molecule has 0 fully saturated rings. The molecule has 0 saturated heterocycles. The van der Waals surface area contributed by atoms with Crippen LogP contribution in [0.15, 0.2) is 164 Å². The second-order valence-corrected chi connectivity index (χ2v) is 19.5. The molecule has 0 bridgehead atoms. The molecule has 0 amide bonds. The summed E-state index contributed by atoms with van der Waals surface area (Å²) in [6.45, 7) is 9.73. The van der Waals surface area contributed by atoms with E-state index in [9.17, 15) is 0 Å². The average Bonchev–Trinajstić information content (AvgIpc) is 3.67. The Hall–Kier alpha value is -7.02. The molecule has 0 heterocycles. The van der Waals surface area contributed by atoms with Crippen LogP contribution in [-0.4, -0.2) is 0 Å². The maximum absolute atomic E-state index is 2.55. The van der Waals surface area contributed by atoms with Crippen LogP contribution in [0.3, 0.4) is 0 Å². The van der Waals surface area contributed by atoms with Crippen LogP contribution < -0.4 is 0 Å². The third-order valence-corrected chi connectivity index (χ3v) is 15.6. The van der Waals surface area contributed by atoms with Crippen molar-refractivity contribution in [2.24, 2.45) is 0 Å². The highest BCUT2D eigenvalue weighted by atomic mass is 14.4. The zero-order valence-corrected chi connectivity index (χ0v) is 35.6. The van der Waals surface area contributed by atoms with E-state index < -0.39 is 0 Å². The van der Waals surface area contributed by atoms with E-state index in [1.54, 1.807) is 0 Å². The molecule has 0 atom stereocenters. The fraction of sp³-hybridized carbons (Fsp3) is 0.129. The molecule has 14 rings (SSSR count). The van der Waals surface area contributed by atoms with Gasteiger partial charge in [0.2, 0.25) is 0 Å². The summed E-state index contributed by atoms with van der Waals surface area (Å²) in [6.07, 6.45) is 9.13. The SMILES string of the molecule is CC1(C)c2cc(-c3cccc(-c4ccc5ccc6cccc7ccc4c5c67)c3)ccc2-c2cc3c(cc21)-c1ccc(-c2ccc4c5c6c(ccc25)C=CCC6=CC4)cc1C3(C)C. The van der Waals surface area contributed by atoms with Crippen molar-refractivity contribution in [2.75, 3.05) is 0 Å². The molecule has 0 N–H and O–H groups in total. The van der Waals surface area contributed by atoms with Crippen molar-refractivity contribution >= 4 is 54.7 Å². The number of hydrogen-bond donors (Lipinski definition) is 0. The maximum atomic E-state index is 2.55. The van der Waals surface area contributed by atoms with E-state index in [1.165, 1.54) is 143 Å². The fourth-order valence-electron chi connectivity index (χ4n) is 12.4. The lowest BCUT2D eigenvalue weighted by Crippen LogP contribution is -2.17. The third-order valence-electron chi connectivity index (χ3n) is 15.6. The Morgan fingerprint density at radius 3 is 1.68 bits per heavy atom. The molecular formula is C62H44. The molecule has 62 heavy (non-hydrogen) atoms. The summed E-state index contributed by atoms with van der Waals surface area (Å²) in [7, 11) is 0. The van der Waals surface area contributed by atoms with Crippen molar-refractivity contribution in [3.05, 3.63) is 203 Å². The lowest BCUT2D eigenvalue weighted by Gasteiger charge is -2.25. The molecule has 0 aromatic heterocycles. The summed E-state index contributed by atoms with van der Waals surface area (Å²) in [5, 5.41) is 10.8. The predicted molar refractivity (Wildman–Crippen MR) is 264 cm³/mol. The molecule has 4 aliphatic carbocycles.